The zero-order valence-corrected chi connectivity index (χ0v) is 11.5. The van der Waals surface area contributed by atoms with E-state index in [1.807, 2.05) is 0 Å². The van der Waals surface area contributed by atoms with Crippen molar-refractivity contribution in [3.05, 3.63) is 51.1 Å². The van der Waals surface area contributed by atoms with Crippen LogP contribution in [0.5, 0.6) is 5.75 Å². The van der Waals surface area contributed by atoms with Crippen LogP contribution in [0, 0.1) is 15.2 Å². The zero-order valence-electron chi connectivity index (χ0n) is 9.32. The molecular formula is C13H7F2IO3. The summed E-state index contributed by atoms with van der Waals surface area (Å²) >= 11 is 1.73. The molecule has 98 valence electrons. The summed E-state index contributed by atoms with van der Waals surface area (Å²) in [5, 5.41) is 18.6. The van der Waals surface area contributed by atoms with Crippen LogP contribution in [0.2, 0.25) is 0 Å². The predicted octanol–water partition coefficient (Wildman–Crippen LogP) is 3.64. The second kappa shape index (κ2) is 5.12. The Morgan fingerprint density at radius 1 is 1.16 bits per heavy atom. The highest BCUT2D eigenvalue weighted by Gasteiger charge is 2.16. The van der Waals surface area contributed by atoms with Crippen LogP contribution in [0.25, 0.3) is 11.1 Å². The van der Waals surface area contributed by atoms with Crippen LogP contribution in [-0.2, 0) is 0 Å². The first-order chi connectivity index (χ1) is 8.90. The van der Waals surface area contributed by atoms with Gasteiger partial charge in [-0.3, -0.25) is 0 Å². The molecule has 0 radical (unpaired) electrons. The minimum absolute atomic E-state index is 0.0552. The molecule has 6 heteroatoms. The third-order valence-electron chi connectivity index (χ3n) is 2.53. The number of carboxylic acid groups (broad SMARTS) is 1. The van der Waals surface area contributed by atoms with Crippen molar-refractivity contribution in [3.8, 4) is 16.9 Å². The number of halogens is 3. The average Bonchev–Trinajstić information content (AvgIpc) is 2.35. The van der Waals surface area contributed by atoms with E-state index in [0.29, 0.717) is 0 Å². The smallest absolute Gasteiger partial charge is 0.339 e. The van der Waals surface area contributed by atoms with Crippen LogP contribution in [0.1, 0.15) is 10.4 Å². The van der Waals surface area contributed by atoms with Crippen molar-refractivity contribution in [1.82, 2.24) is 0 Å². The quantitative estimate of drug-likeness (QED) is 0.787. The van der Waals surface area contributed by atoms with Gasteiger partial charge in [-0.2, -0.15) is 0 Å². The summed E-state index contributed by atoms with van der Waals surface area (Å²) in [6.07, 6.45) is 0. The topological polar surface area (TPSA) is 57.5 Å². The number of rotatable bonds is 2. The molecule has 0 aromatic heterocycles. The summed E-state index contributed by atoms with van der Waals surface area (Å²) in [7, 11) is 0. The van der Waals surface area contributed by atoms with Crippen molar-refractivity contribution in [1.29, 1.82) is 0 Å². The van der Waals surface area contributed by atoms with E-state index < -0.39 is 23.4 Å². The van der Waals surface area contributed by atoms with Crippen LogP contribution < -0.4 is 0 Å². The number of aromatic hydroxyl groups is 1. The van der Waals surface area contributed by atoms with Gasteiger partial charge in [-0.15, -0.1) is 0 Å². The standard InChI is InChI=1S/C13H7F2IO3/c14-7-1-2-10(15)8(5-7)6-3-9(13(18)19)12(17)11(16)4-6/h1-5,17H,(H,18,19). The van der Waals surface area contributed by atoms with Gasteiger partial charge < -0.3 is 10.2 Å². The first kappa shape index (κ1) is 13.7. The molecule has 0 aliphatic carbocycles. The van der Waals surface area contributed by atoms with Gasteiger partial charge in [0, 0.05) is 5.56 Å². The molecule has 3 nitrogen and oxygen atoms in total. The molecule has 19 heavy (non-hydrogen) atoms. The van der Waals surface area contributed by atoms with Gasteiger partial charge in [0.1, 0.15) is 22.9 Å². The van der Waals surface area contributed by atoms with E-state index in [1.165, 1.54) is 6.07 Å². The van der Waals surface area contributed by atoms with E-state index in [1.54, 1.807) is 22.6 Å². The minimum Gasteiger partial charge on any atom is -0.506 e. The van der Waals surface area contributed by atoms with Crippen molar-refractivity contribution in [2.24, 2.45) is 0 Å². The maximum absolute atomic E-state index is 13.6. The molecule has 2 N–H and O–H groups in total. The average molecular weight is 376 g/mol. The summed E-state index contributed by atoms with van der Waals surface area (Å²) in [6.45, 7) is 0. The highest BCUT2D eigenvalue weighted by molar-refractivity contribution is 14.1. The van der Waals surface area contributed by atoms with E-state index in [0.717, 1.165) is 24.3 Å². The fraction of sp³-hybridized carbons (Fsp3) is 0. The largest absolute Gasteiger partial charge is 0.506 e. The van der Waals surface area contributed by atoms with E-state index in [2.05, 4.69) is 0 Å². The number of hydrogen-bond donors (Lipinski definition) is 2. The summed E-state index contributed by atoms with van der Waals surface area (Å²) in [5.74, 6) is -3.03. The summed E-state index contributed by atoms with van der Waals surface area (Å²) in [4.78, 5) is 11.0. The SMILES string of the molecule is O=C(O)c1cc(-c2cc(F)ccc2F)cc(I)c1O. The van der Waals surface area contributed by atoms with Crippen LogP contribution >= 0.6 is 22.6 Å². The van der Waals surface area contributed by atoms with Crippen molar-refractivity contribution in [2.45, 2.75) is 0 Å². The Labute approximate surface area is 120 Å². The van der Waals surface area contributed by atoms with Gasteiger partial charge in [0.2, 0.25) is 0 Å². The van der Waals surface area contributed by atoms with E-state index in [4.69, 9.17) is 5.11 Å². The highest BCUT2D eigenvalue weighted by Crippen LogP contribution is 2.32. The number of phenols is 1. The normalized spacial score (nSPS) is 10.5. The lowest BCUT2D eigenvalue weighted by molar-refractivity contribution is 0.0693. The van der Waals surface area contributed by atoms with E-state index in [9.17, 15) is 18.7 Å². The number of carbonyl (C=O) groups is 1. The maximum atomic E-state index is 13.6. The predicted molar refractivity (Wildman–Crippen MR) is 73.1 cm³/mol. The zero-order chi connectivity index (χ0) is 14.2. The Morgan fingerprint density at radius 3 is 2.47 bits per heavy atom. The Bertz CT molecular complexity index is 671. The van der Waals surface area contributed by atoms with Gasteiger partial charge in [-0.25, -0.2) is 13.6 Å². The number of aromatic carboxylic acids is 1. The second-order valence-corrected chi connectivity index (χ2v) is 4.95. The lowest BCUT2D eigenvalue weighted by Gasteiger charge is -2.08. The summed E-state index contributed by atoms with van der Waals surface area (Å²) in [5.41, 5.74) is -0.220. The Morgan fingerprint density at radius 2 is 1.84 bits per heavy atom. The molecule has 0 atom stereocenters. The molecule has 0 amide bonds. The Hall–Kier alpha value is -1.70. The first-order valence-electron chi connectivity index (χ1n) is 5.11. The molecular weight excluding hydrogens is 369 g/mol. The number of carboxylic acids is 1. The second-order valence-electron chi connectivity index (χ2n) is 3.78. The summed E-state index contributed by atoms with van der Waals surface area (Å²) < 4.78 is 27.0. The van der Waals surface area contributed by atoms with Gasteiger partial charge in [0.05, 0.1) is 3.57 Å². The van der Waals surface area contributed by atoms with Gasteiger partial charge in [0.15, 0.2) is 0 Å². The molecule has 0 unspecified atom stereocenters. The molecule has 0 saturated carbocycles. The lowest BCUT2D eigenvalue weighted by atomic mass is 10.0. The Kier molecular flexibility index (Phi) is 3.70. The molecule has 0 aliphatic rings. The highest BCUT2D eigenvalue weighted by atomic mass is 127. The molecule has 0 spiro atoms. The van der Waals surface area contributed by atoms with E-state index >= 15 is 0 Å². The van der Waals surface area contributed by atoms with Crippen molar-refractivity contribution >= 4 is 28.6 Å². The van der Waals surface area contributed by atoms with Gasteiger partial charge >= 0.3 is 5.97 Å². The van der Waals surface area contributed by atoms with Crippen molar-refractivity contribution < 1.29 is 23.8 Å². The molecule has 0 heterocycles. The van der Waals surface area contributed by atoms with Gasteiger partial charge in [-0.1, -0.05) is 0 Å². The number of benzene rings is 2. The number of hydrogen-bond acceptors (Lipinski definition) is 2. The van der Waals surface area contributed by atoms with Crippen LogP contribution in [0.4, 0.5) is 8.78 Å². The van der Waals surface area contributed by atoms with Crippen LogP contribution in [0.15, 0.2) is 30.3 Å². The fourth-order valence-corrected chi connectivity index (χ4v) is 2.26. The molecule has 0 bridgehead atoms. The minimum atomic E-state index is -1.34. The van der Waals surface area contributed by atoms with Gasteiger partial charge in [0.25, 0.3) is 0 Å². The van der Waals surface area contributed by atoms with Crippen LogP contribution in [0.3, 0.4) is 0 Å². The van der Waals surface area contributed by atoms with Crippen molar-refractivity contribution in [2.75, 3.05) is 0 Å². The monoisotopic (exact) mass is 376 g/mol. The fourth-order valence-electron chi connectivity index (χ4n) is 1.64. The third kappa shape index (κ3) is 2.67. The summed E-state index contributed by atoms with van der Waals surface area (Å²) in [6, 6.07) is 5.41. The Balaban J connectivity index is 2.69. The molecule has 0 saturated heterocycles. The molecule has 2 aromatic rings. The molecule has 0 aliphatic heterocycles. The molecule has 0 fully saturated rings. The molecule has 2 rings (SSSR count). The maximum Gasteiger partial charge on any atom is 0.339 e. The van der Waals surface area contributed by atoms with Gasteiger partial charge in [-0.05, 0) is 58.5 Å². The van der Waals surface area contributed by atoms with Crippen molar-refractivity contribution in [3.63, 3.8) is 0 Å². The molecule has 2 aromatic carbocycles. The van der Waals surface area contributed by atoms with Crippen LogP contribution in [-0.4, -0.2) is 16.2 Å². The van der Waals surface area contributed by atoms with E-state index in [-0.39, 0.29) is 20.3 Å². The lowest BCUT2D eigenvalue weighted by Crippen LogP contribution is -1.99. The first-order valence-corrected chi connectivity index (χ1v) is 6.19. The third-order valence-corrected chi connectivity index (χ3v) is 3.36.